The first kappa shape index (κ1) is 19.8. The zero-order chi connectivity index (χ0) is 19.9. The van der Waals surface area contributed by atoms with Crippen LogP contribution in [0.5, 0.6) is 0 Å². The number of anilines is 1. The Morgan fingerprint density at radius 1 is 1.18 bits per heavy atom. The van der Waals surface area contributed by atoms with E-state index in [1.165, 1.54) is 0 Å². The van der Waals surface area contributed by atoms with Crippen LogP contribution >= 0.6 is 0 Å². The first-order valence-corrected chi connectivity index (χ1v) is 9.64. The molecule has 1 aliphatic rings. The molecular formula is C23H26N2O3. The third-order valence-electron chi connectivity index (χ3n) is 4.71. The van der Waals surface area contributed by atoms with E-state index in [4.69, 9.17) is 4.74 Å². The van der Waals surface area contributed by atoms with E-state index < -0.39 is 0 Å². The van der Waals surface area contributed by atoms with Crippen LogP contribution in [0.25, 0.3) is 6.08 Å². The number of rotatable bonds is 5. The molecule has 1 fully saturated rings. The summed E-state index contributed by atoms with van der Waals surface area (Å²) in [6.07, 6.45) is 2.54. The average Bonchev–Trinajstić information content (AvgIpc) is 2.72. The molecule has 0 aliphatic carbocycles. The average molecular weight is 378 g/mol. The minimum Gasteiger partial charge on any atom is -0.375 e. The number of carbonyl (C=O) groups excluding carboxylic acids is 2. The second kappa shape index (κ2) is 9.33. The number of morpholine rings is 1. The molecule has 1 unspecified atom stereocenters. The van der Waals surface area contributed by atoms with E-state index >= 15 is 0 Å². The number of hydrogen-bond donors (Lipinski definition) is 1. The van der Waals surface area contributed by atoms with Crippen molar-refractivity contribution < 1.29 is 14.3 Å². The predicted octanol–water partition coefficient (Wildman–Crippen LogP) is 3.98. The molecule has 28 heavy (non-hydrogen) atoms. The van der Waals surface area contributed by atoms with Gasteiger partial charge in [-0.2, -0.15) is 0 Å². The summed E-state index contributed by atoms with van der Waals surface area (Å²) in [4.78, 5) is 27.2. The number of nitrogens with zero attached hydrogens (tertiary/aromatic N) is 1. The van der Waals surface area contributed by atoms with Gasteiger partial charge in [-0.15, -0.1) is 0 Å². The van der Waals surface area contributed by atoms with E-state index in [-0.39, 0.29) is 17.9 Å². The van der Waals surface area contributed by atoms with Gasteiger partial charge in [0, 0.05) is 29.9 Å². The molecule has 1 saturated heterocycles. The summed E-state index contributed by atoms with van der Waals surface area (Å²) in [7, 11) is 0. The maximum Gasteiger partial charge on any atom is 0.254 e. The van der Waals surface area contributed by atoms with Crippen molar-refractivity contribution in [3.8, 4) is 0 Å². The van der Waals surface area contributed by atoms with Crippen LogP contribution < -0.4 is 5.32 Å². The summed E-state index contributed by atoms with van der Waals surface area (Å²) in [5, 5.41) is 2.92. The number of amides is 2. The Morgan fingerprint density at radius 2 is 1.96 bits per heavy atom. The smallest absolute Gasteiger partial charge is 0.254 e. The minimum atomic E-state index is -0.157. The van der Waals surface area contributed by atoms with E-state index in [2.05, 4.69) is 5.32 Å². The van der Waals surface area contributed by atoms with Crippen molar-refractivity contribution in [1.29, 1.82) is 0 Å². The number of benzene rings is 2. The first-order chi connectivity index (χ1) is 13.6. The van der Waals surface area contributed by atoms with Crippen molar-refractivity contribution in [1.82, 2.24) is 4.90 Å². The van der Waals surface area contributed by atoms with Crippen LogP contribution in [0, 0.1) is 0 Å². The van der Waals surface area contributed by atoms with E-state index in [1.807, 2.05) is 50.3 Å². The molecule has 5 nitrogen and oxygen atoms in total. The van der Waals surface area contributed by atoms with E-state index in [0.717, 1.165) is 5.56 Å². The van der Waals surface area contributed by atoms with Gasteiger partial charge in [0.05, 0.1) is 12.7 Å². The SMILES string of the molecule is CC/C(=C\c1ccccc1)C(=O)Nc1cccc(C(=O)N2CCOC(C)C2)c1. The Bertz CT molecular complexity index is 861. The van der Waals surface area contributed by atoms with Gasteiger partial charge >= 0.3 is 0 Å². The second-order valence-corrected chi connectivity index (χ2v) is 6.90. The number of nitrogens with one attached hydrogen (secondary N) is 1. The molecule has 3 rings (SSSR count). The second-order valence-electron chi connectivity index (χ2n) is 6.90. The van der Waals surface area contributed by atoms with Crippen molar-refractivity contribution in [3.63, 3.8) is 0 Å². The van der Waals surface area contributed by atoms with Crippen molar-refractivity contribution in [2.45, 2.75) is 26.4 Å². The lowest BCUT2D eigenvalue weighted by molar-refractivity contribution is -0.112. The largest absolute Gasteiger partial charge is 0.375 e. The van der Waals surface area contributed by atoms with Gasteiger partial charge in [-0.05, 0) is 43.2 Å². The molecule has 0 aromatic heterocycles. The van der Waals surface area contributed by atoms with Crippen LogP contribution in [-0.4, -0.2) is 42.5 Å². The molecule has 2 amide bonds. The lowest BCUT2D eigenvalue weighted by atomic mass is 10.1. The Hall–Kier alpha value is -2.92. The Morgan fingerprint density at radius 3 is 2.68 bits per heavy atom. The summed E-state index contributed by atoms with van der Waals surface area (Å²) in [6, 6.07) is 16.9. The van der Waals surface area contributed by atoms with Crippen LogP contribution in [0.1, 0.15) is 36.2 Å². The Labute approximate surface area is 166 Å². The van der Waals surface area contributed by atoms with Crippen molar-refractivity contribution in [2.75, 3.05) is 25.0 Å². The van der Waals surface area contributed by atoms with Crippen LogP contribution in [0.15, 0.2) is 60.2 Å². The molecule has 0 bridgehead atoms. The van der Waals surface area contributed by atoms with E-state index in [0.29, 0.717) is 42.9 Å². The van der Waals surface area contributed by atoms with Crippen LogP contribution in [0.3, 0.4) is 0 Å². The molecule has 1 atom stereocenters. The standard InChI is InChI=1S/C23H26N2O3/c1-3-19(14-18-8-5-4-6-9-18)22(26)24-21-11-7-10-20(15-21)23(27)25-12-13-28-17(2)16-25/h4-11,14-15,17H,3,12-13,16H2,1-2H3,(H,24,26)/b19-14+. The molecular weight excluding hydrogens is 352 g/mol. The summed E-state index contributed by atoms with van der Waals surface area (Å²) in [5.74, 6) is -0.197. The van der Waals surface area contributed by atoms with Gasteiger partial charge in [-0.3, -0.25) is 9.59 Å². The lowest BCUT2D eigenvalue weighted by Gasteiger charge is -2.31. The van der Waals surface area contributed by atoms with Crippen molar-refractivity contribution >= 4 is 23.6 Å². The van der Waals surface area contributed by atoms with Crippen molar-refractivity contribution in [3.05, 3.63) is 71.3 Å². The third kappa shape index (κ3) is 5.08. The van der Waals surface area contributed by atoms with Crippen molar-refractivity contribution in [2.24, 2.45) is 0 Å². The zero-order valence-corrected chi connectivity index (χ0v) is 16.4. The van der Waals surface area contributed by atoms with Gasteiger partial charge in [0.15, 0.2) is 0 Å². The third-order valence-corrected chi connectivity index (χ3v) is 4.71. The molecule has 146 valence electrons. The predicted molar refractivity (Wildman–Crippen MR) is 111 cm³/mol. The molecule has 0 saturated carbocycles. The highest BCUT2D eigenvalue weighted by Crippen LogP contribution is 2.17. The molecule has 1 aliphatic heterocycles. The Balaban J connectivity index is 1.72. The van der Waals surface area contributed by atoms with E-state index in [1.54, 1.807) is 29.2 Å². The summed E-state index contributed by atoms with van der Waals surface area (Å²) < 4.78 is 5.50. The highest BCUT2D eigenvalue weighted by molar-refractivity contribution is 6.07. The highest BCUT2D eigenvalue weighted by atomic mass is 16.5. The minimum absolute atomic E-state index is 0.0378. The molecule has 0 spiro atoms. The number of hydrogen-bond acceptors (Lipinski definition) is 3. The van der Waals surface area contributed by atoms with Crippen LogP contribution in [0.2, 0.25) is 0 Å². The zero-order valence-electron chi connectivity index (χ0n) is 16.4. The molecule has 2 aromatic rings. The summed E-state index contributed by atoms with van der Waals surface area (Å²) in [6.45, 7) is 5.62. The molecule has 5 heteroatoms. The highest BCUT2D eigenvalue weighted by Gasteiger charge is 2.22. The monoisotopic (exact) mass is 378 g/mol. The lowest BCUT2D eigenvalue weighted by Crippen LogP contribution is -2.44. The maximum atomic E-state index is 12.8. The Kier molecular flexibility index (Phi) is 6.61. The van der Waals surface area contributed by atoms with Crippen LogP contribution in [0.4, 0.5) is 5.69 Å². The quantitative estimate of drug-likeness (QED) is 0.801. The van der Waals surface area contributed by atoms with Gasteiger partial charge in [0.2, 0.25) is 0 Å². The molecule has 1 heterocycles. The number of ether oxygens (including phenoxy) is 1. The van der Waals surface area contributed by atoms with Gasteiger partial charge < -0.3 is 15.0 Å². The fraction of sp³-hybridized carbons (Fsp3) is 0.304. The normalized spacial score (nSPS) is 17.3. The first-order valence-electron chi connectivity index (χ1n) is 9.64. The molecule has 2 aromatic carbocycles. The topological polar surface area (TPSA) is 58.6 Å². The van der Waals surface area contributed by atoms with Gasteiger partial charge in [0.25, 0.3) is 11.8 Å². The van der Waals surface area contributed by atoms with Gasteiger partial charge in [-0.25, -0.2) is 0 Å². The fourth-order valence-corrected chi connectivity index (χ4v) is 3.21. The molecule has 0 radical (unpaired) electrons. The summed E-state index contributed by atoms with van der Waals surface area (Å²) in [5.41, 5.74) is 2.85. The van der Waals surface area contributed by atoms with Gasteiger partial charge in [0.1, 0.15) is 0 Å². The fourth-order valence-electron chi connectivity index (χ4n) is 3.21. The number of carbonyl (C=O) groups is 2. The molecule has 1 N–H and O–H groups in total. The van der Waals surface area contributed by atoms with E-state index in [9.17, 15) is 9.59 Å². The summed E-state index contributed by atoms with van der Waals surface area (Å²) >= 11 is 0. The maximum absolute atomic E-state index is 12.8. The van der Waals surface area contributed by atoms with Crippen LogP contribution in [-0.2, 0) is 9.53 Å². The van der Waals surface area contributed by atoms with Gasteiger partial charge in [-0.1, -0.05) is 43.3 Å².